The minimum absolute atomic E-state index is 0.0446. The highest BCUT2D eigenvalue weighted by Crippen LogP contribution is 2.22. The summed E-state index contributed by atoms with van der Waals surface area (Å²) in [6.45, 7) is 7.63. The Morgan fingerprint density at radius 1 is 1.06 bits per heavy atom. The number of halogens is 1. The van der Waals surface area contributed by atoms with E-state index < -0.39 is 11.9 Å². The number of hydrogen-bond donors (Lipinski definition) is 1. The van der Waals surface area contributed by atoms with E-state index >= 15 is 0 Å². The van der Waals surface area contributed by atoms with Gasteiger partial charge in [0.25, 0.3) is 0 Å². The molecule has 0 atom stereocenters. The van der Waals surface area contributed by atoms with Gasteiger partial charge in [0.05, 0.1) is 45.8 Å². The fraction of sp³-hybridized carbons (Fsp3) is 0.217. The van der Waals surface area contributed by atoms with E-state index in [1.807, 2.05) is 44.4 Å². The number of aromatic nitrogens is 4. The van der Waals surface area contributed by atoms with Gasteiger partial charge in [0.2, 0.25) is 0 Å². The van der Waals surface area contributed by atoms with E-state index in [4.69, 9.17) is 4.74 Å². The van der Waals surface area contributed by atoms with E-state index in [9.17, 15) is 9.18 Å². The lowest BCUT2D eigenvalue weighted by Crippen LogP contribution is -2.14. The molecule has 0 unspecified atom stereocenters. The van der Waals surface area contributed by atoms with E-state index in [2.05, 4.69) is 20.3 Å². The molecular formula is C23H22FN5O2. The van der Waals surface area contributed by atoms with E-state index in [-0.39, 0.29) is 12.3 Å². The van der Waals surface area contributed by atoms with Crippen molar-refractivity contribution >= 4 is 22.8 Å². The summed E-state index contributed by atoms with van der Waals surface area (Å²) in [5, 5.41) is 2.41. The third-order valence-electron chi connectivity index (χ3n) is 5.02. The first kappa shape index (κ1) is 20.5. The number of aryl methyl sites for hydroxylation is 4. The Morgan fingerprint density at radius 3 is 2.52 bits per heavy atom. The Kier molecular flexibility index (Phi) is 5.37. The van der Waals surface area contributed by atoms with Crippen LogP contribution in [0.1, 0.15) is 28.2 Å². The quantitative estimate of drug-likeness (QED) is 0.507. The van der Waals surface area contributed by atoms with E-state index in [1.54, 1.807) is 24.7 Å². The summed E-state index contributed by atoms with van der Waals surface area (Å²) in [5.41, 5.74) is 6.83. The maximum absolute atomic E-state index is 13.8. The summed E-state index contributed by atoms with van der Waals surface area (Å²) < 4.78 is 20.8. The molecule has 1 N–H and O–H groups in total. The van der Waals surface area contributed by atoms with Crippen LogP contribution in [0, 0.1) is 33.5 Å². The molecule has 158 valence electrons. The monoisotopic (exact) mass is 419 g/mol. The predicted octanol–water partition coefficient (Wildman–Crippen LogP) is 4.94. The summed E-state index contributed by atoms with van der Waals surface area (Å²) in [5.74, 6) is -0.521. The second-order valence-corrected chi connectivity index (χ2v) is 7.48. The van der Waals surface area contributed by atoms with Crippen LogP contribution >= 0.6 is 0 Å². The van der Waals surface area contributed by atoms with Gasteiger partial charge in [-0.1, -0.05) is 6.07 Å². The van der Waals surface area contributed by atoms with E-state index in [0.29, 0.717) is 5.69 Å². The van der Waals surface area contributed by atoms with Crippen LogP contribution in [0.4, 0.5) is 14.9 Å². The summed E-state index contributed by atoms with van der Waals surface area (Å²) in [4.78, 5) is 25.5. The maximum atomic E-state index is 13.8. The molecule has 0 radical (unpaired) electrons. The Labute approximate surface area is 178 Å². The highest BCUT2D eigenvalue weighted by atomic mass is 19.1. The van der Waals surface area contributed by atoms with Gasteiger partial charge >= 0.3 is 6.09 Å². The number of nitrogens with one attached hydrogen (secondary N) is 1. The zero-order chi connectivity index (χ0) is 22.1. The van der Waals surface area contributed by atoms with Crippen molar-refractivity contribution in [3.05, 3.63) is 76.9 Å². The highest BCUT2D eigenvalue weighted by molar-refractivity contribution is 5.84. The highest BCUT2D eigenvalue weighted by Gasteiger charge is 2.12. The largest absolute Gasteiger partial charge is 0.443 e. The Morgan fingerprint density at radius 2 is 1.77 bits per heavy atom. The van der Waals surface area contributed by atoms with Gasteiger partial charge in [0.15, 0.2) is 0 Å². The van der Waals surface area contributed by atoms with Gasteiger partial charge in [-0.2, -0.15) is 0 Å². The van der Waals surface area contributed by atoms with Gasteiger partial charge in [-0.05, 0) is 63.1 Å². The molecule has 2 aromatic carbocycles. The molecule has 0 aliphatic carbocycles. The number of ether oxygens (including phenoxy) is 1. The van der Waals surface area contributed by atoms with E-state index in [0.717, 1.165) is 39.2 Å². The molecule has 0 saturated carbocycles. The molecule has 0 fully saturated rings. The molecular weight excluding hydrogens is 397 g/mol. The van der Waals surface area contributed by atoms with Crippen LogP contribution in [0.5, 0.6) is 0 Å². The average molecular weight is 419 g/mol. The lowest BCUT2D eigenvalue weighted by Gasteiger charge is -2.10. The van der Waals surface area contributed by atoms with Crippen molar-refractivity contribution in [2.45, 2.75) is 34.3 Å². The summed E-state index contributed by atoms with van der Waals surface area (Å²) in [7, 11) is 0. The van der Waals surface area contributed by atoms with Gasteiger partial charge in [-0.3, -0.25) is 5.32 Å². The van der Waals surface area contributed by atoms with Crippen LogP contribution in [-0.4, -0.2) is 25.6 Å². The lowest BCUT2D eigenvalue weighted by molar-refractivity contribution is 0.153. The molecule has 8 heteroatoms. The van der Waals surface area contributed by atoms with Crippen molar-refractivity contribution in [2.75, 3.05) is 5.32 Å². The molecule has 7 nitrogen and oxygen atoms in total. The van der Waals surface area contributed by atoms with Crippen molar-refractivity contribution in [2.24, 2.45) is 0 Å². The molecule has 4 rings (SSSR count). The van der Waals surface area contributed by atoms with Crippen LogP contribution in [0.2, 0.25) is 0 Å². The Bertz CT molecular complexity index is 1300. The number of rotatable bonds is 4. The summed E-state index contributed by atoms with van der Waals surface area (Å²) in [6.07, 6.45) is 2.69. The summed E-state index contributed by atoms with van der Waals surface area (Å²) in [6, 6.07) is 8.42. The van der Waals surface area contributed by atoms with Crippen molar-refractivity contribution in [1.29, 1.82) is 0 Å². The number of hydrogen-bond acceptors (Lipinski definition) is 5. The molecule has 2 aromatic heterocycles. The molecule has 0 aliphatic heterocycles. The number of benzene rings is 2. The summed E-state index contributed by atoms with van der Waals surface area (Å²) >= 11 is 0. The molecule has 1 amide bonds. The van der Waals surface area contributed by atoms with Gasteiger partial charge < -0.3 is 9.30 Å². The Balaban J connectivity index is 1.48. The van der Waals surface area contributed by atoms with Crippen LogP contribution in [0.3, 0.4) is 0 Å². The fourth-order valence-electron chi connectivity index (χ4n) is 3.24. The van der Waals surface area contributed by atoms with Crippen LogP contribution in [0.25, 0.3) is 16.7 Å². The molecule has 0 aliphatic rings. The third kappa shape index (κ3) is 4.37. The zero-order valence-corrected chi connectivity index (χ0v) is 17.7. The normalized spacial score (nSPS) is 11.0. The van der Waals surface area contributed by atoms with Gasteiger partial charge in [-0.15, -0.1) is 0 Å². The molecule has 31 heavy (non-hydrogen) atoms. The van der Waals surface area contributed by atoms with Crippen LogP contribution in [0.15, 0.2) is 42.9 Å². The first-order valence-electron chi connectivity index (χ1n) is 9.79. The van der Waals surface area contributed by atoms with E-state index in [1.165, 1.54) is 6.07 Å². The SMILES string of the molecule is Cc1ccc(F)c(NC(=O)OCc2cn(-c3cc4nc(C)c(C)nc4cc3C)cn2)c1. The van der Waals surface area contributed by atoms with Crippen LogP contribution < -0.4 is 5.32 Å². The minimum atomic E-state index is -0.748. The number of carbonyl (C=O) groups is 1. The molecule has 2 heterocycles. The Hall–Kier alpha value is -3.81. The van der Waals surface area contributed by atoms with Crippen LogP contribution in [-0.2, 0) is 11.3 Å². The molecule has 0 spiro atoms. The average Bonchev–Trinajstić information content (AvgIpc) is 3.19. The lowest BCUT2D eigenvalue weighted by atomic mass is 10.1. The zero-order valence-electron chi connectivity index (χ0n) is 17.7. The number of anilines is 1. The number of nitrogens with zero attached hydrogens (tertiary/aromatic N) is 4. The smallest absolute Gasteiger partial charge is 0.412 e. The van der Waals surface area contributed by atoms with Gasteiger partial charge in [-0.25, -0.2) is 24.1 Å². The number of imidazole rings is 1. The minimum Gasteiger partial charge on any atom is -0.443 e. The second kappa shape index (κ2) is 8.14. The maximum Gasteiger partial charge on any atom is 0.412 e. The number of fused-ring (bicyclic) bond motifs is 1. The van der Waals surface area contributed by atoms with Gasteiger partial charge in [0, 0.05) is 6.20 Å². The standard InChI is InChI=1S/C23H22FN5O2/c1-13-5-6-18(24)19(7-13)28-23(30)31-11-17-10-29(12-25-17)22-9-21-20(8-14(22)2)26-15(3)16(4)27-21/h5-10,12H,11H2,1-4H3,(H,28,30). The molecule has 0 bridgehead atoms. The first-order valence-corrected chi connectivity index (χ1v) is 9.79. The first-order chi connectivity index (χ1) is 14.8. The molecule has 0 saturated heterocycles. The second-order valence-electron chi connectivity index (χ2n) is 7.48. The van der Waals surface area contributed by atoms with Crippen molar-refractivity contribution < 1.29 is 13.9 Å². The third-order valence-corrected chi connectivity index (χ3v) is 5.02. The number of carbonyl (C=O) groups excluding carboxylic acids is 1. The van der Waals surface area contributed by atoms with Crippen molar-refractivity contribution in [1.82, 2.24) is 19.5 Å². The fourth-order valence-corrected chi connectivity index (χ4v) is 3.24. The predicted molar refractivity (Wildman–Crippen MR) is 116 cm³/mol. The molecule has 4 aromatic rings. The van der Waals surface area contributed by atoms with Gasteiger partial charge in [0.1, 0.15) is 12.4 Å². The number of amides is 1. The topological polar surface area (TPSA) is 81.9 Å². The van der Waals surface area contributed by atoms with Crippen molar-refractivity contribution in [3.63, 3.8) is 0 Å². The van der Waals surface area contributed by atoms with Crippen molar-refractivity contribution in [3.8, 4) is 5.69 Å².